The van der Waals surface area contributed by atoms with Crippen molar-refractivity contribution in [3.05, 3.63) is 34.9 Å². The number of carbonyl (C=O) groups is 3. The lowest BCUT2D eigenvalue weighted by Gasteiger charge is -2.61. The first kappa shape index (κ1) is 30.6. The number of aliphatic carboxylic acids is 1. The normalized spacial score (nSPS) is 38.0. The standard InChI is InChI=1S/C34H50O6/c1-20(30(37)38)10-12-27(39-22(3)35)21(2)24-14-18-34(9)26-11-13-28-31(5,6)29(40-23(4)36)16-17-32(28,7)25(26)15-19-33(24,34)8/h10-11,15,21,24,27-29H,12-14,16-19H2,1-9H3,(H,37,38)/b20-10+. The van der Waals surface area contributed by atoms with E-state index in [4.69, 9.17) is 9.47 Å². The molecule has 0 spiro atoms. The Labute approximate surface area is 240 Å². The molecule has 0 amide bonds. The number of allylic oxidation sites excluding steroid dienone is 4. The molecule has 0 aromatic carbocycles. The molecule has 0 heterocycles. The molecule has 0 bridgehead atoms. The number of rotatable bonds is 7. The van der Waals surface area contributed by atoms with Crippen LogP contribution < -0.4 is 0 Å². The number of ether oxygens (including phenoxy) is 2. The molecule has 6 heteroatoms. The quantitative estimate of drug-likeness (QED) is 0.260. The van der Waals surface area contributed by atoms with E-state index in [9.17, 15) is 19.5 Å². The smallest absolute Gasteiger partial charge is 0.330 e. The Morgan fingerprint density at radius 3 is 2.27 bits per heavy atom. The van der Waals surface area contributed by atoms with Gasteiger partial charge in [0.1, 0.15) is 12.2 Å². The first-order chi connectivity index (χ1) is 18.5. The molecule has 40 heavy (non-hydrogen) atoms. The fourth-order valence-corrected chi connectivity index (χ4v) is 9.50. The van der Waals surface area contributed by atoms with Crippen LogP contribution in [0.5, 0.6) is 0 Å². The Hall–Kier alpha value is -2.37. The summed E-state index contributed by atoms with van der Waals surface area (Å²) >= 11 is 0. The van der Waals surface area contributed by atoms with E-state index < -0.39 is 5.97 Å². The van der Waals surface area contributed by atoms with Gasteiger partial charge in [-0.1, -0.05) is 59.8 Å². The zero-order valence-corrected chi connectivity index (χ0v) is 26.1. The van der Waals surface area contributed by atoms with Gasteiger partial charge >= 0.3 is 17.9 Å². The van der Waals surface area contributed by atoms with Crippen LogP contribution in [0.25, 0.3) is 0 Å². The molecule has 6 nitrogen and oxygen atoms in total. The zero-order chi connectivity index (χ0) is 29.8. The molecule has 8 unspecified atom stereocenters. The summed E-state index contributed by atoms with van der Waals surface area (Å²) in [7, 11) is 0. The average Bonchev–Trinajstić information content (AvgIpc) is 3.13. The Morgan fingerprint density at radius 1 is 1.00 bits per heavy atom. The van der Waals surface area contributed by atoms with Crippen LogP contribution in [-0.2, 0) is 23.9 Å². The third-order valence-corrected chi connectivity index (χ3v) is 12.1. The minimum Gasteiger partial charge on any atom is -0.478 e. The molecule has 0 radical (unpaired) electrons. The van der Waals surface area contributed by atoms with Gasteiger partial charge in [0.2, 0.25) is 0 Å². The molecule has 0 aromatic heterocycles. The van der Waals surface area contributed by atoms with Gasteiger partial charge in [0, 0.05) is 31.3 Å². The zero-order valence-electron chi connectivity index (χ0n) is 26.1. The van der Waals surface area contributed by atoms with Crippen molar-refractivity contribution in [1.82, 2.24) is 0 Å². The second kappa shape index (κ2) is 10.5. The van der Waals surface area contributed by atoms with E-state index in [1.807, 2.05) is 0 Å². The summed E-state index contributed by atoms with van der Waals surface area (Å²) < 4.78 is 11.7. The Kier molecular flexibility index (Phi) is 8.01. The molecule has 222 valence electrons. The number of carboxylic acids is 1. The van der Waals surface area contributed by atoms with Crippen molar-refractivity contribution >= 4 is 17.9 Å². The van der Waals surface area contributed by atoms with Crippen molar-refractivity contribution in [2.24, 2.45) is 39.4 Å². The summed E-state index contributed by atoms with van der Waals surface area (Å²) in [6.07, 6.45) is 12.7. The Morgan fingerprint density at radius 2 is 1.68 bits per heavy atom. The topological polar surface area (TPSA) is 89.9 Å². The molecule has 0 aliphatic heterocycles. The molecule has 0 aromatic rings. The van der Waals surface area contributed by atoms with E-state index in [0.717, 1.165) is 38.5 Å². The summed E-state index contributed by atoms with van der Waals surface area (Å²) in [5.74, 6) is -0.637. The highest BCUT2D eigenvalue weighted by Gasteiger charge is 2.63. The first-order valence-corrected chi connectivity index (χ1v) is 15.1. The molecular weight excluding hydrogens is 504 g/mol. The summed E-state index contributed by atoms with van der Waals surface area (Å²) in [4.78, 5) is 35.3. The van der Waals surface area contributed by atoms with Gasteiger partial charge in [0.15, 0.2) is 0 Å². The van der Waals surface area contributed by atoms with Gasteiger partial charge in [-0.3, -0.25) is 9.59 Å². The SMILES string of the molecule is CC(=O)OC(C/C=C(\C)C(=O)O)C(C)C1CCC2(C)C3=CCC4C(C)(CCC(OC(C)=O)C4(C)C)C3=CCC12C. The summed E-state index contributed by atoms with van der Waals surface area (Å²) in [5, 5.41) is 9.34. The number of carbonyl (C=O) groups excluding carboxylic acids is 2. The van der Waals surface area contributed by atoms with Crippen LogP contribution in [-0.4, -0.2) is 35.2 Å². The number of hydrogen-bond acceptors (Lipinski definition) is 5. The fraction of sp³-hybridized carbons (Fsp3) is 0.735. The number of carboxylic acid groups (broad SMARTS) is 1. The largest absolute Gasteiger partial charge is 0.478 e. The predicted molar refractivity (Wildman–Crippen MR) is 155 cm³/mol. The highest BCUT2D eigenvalue weighted by atomic mass is 16.5. The van der Waals surface area contributed by atoms with E-state index in [0.29, 0.717) is 18.3 Å². The molecule has 8 atom stereocenters. The van der Waals surface area contributed by atoms with Crippen LogP contribution in [0.15, 0.2) is 34.9 Å². The molecule has 4 aliphatic carbocycles. The highest BCUT2D eigenvalue weighted by Crippen LogP contribution is 2.72. The van der Waals surface area contributed by atoms with Crippen molar-refractivity contribution < 1.29 is 29.0 Å². The predicted octanol–water partition coefficient (Wildman–Crippen LogP) is 7.43. The monoisotopic (exact) mass is 554 g/mol. The Balaban J connectivity index is 1.66. The number of esters is 2. The van der Waals surface area contributed by atoms with Gasteiger partial charge in [0.05, 0.1) is 0 Å². The lowest BCUT2D eigenvalue weighted by molar-refractivity contribution is -0.165. The van der Waals surface area contributed by atoms with E-state index in [2.05, 4.69) is 53.7 Å². The molecule has 2 saturated carbocycles. The minimum atomic E-state index is -0.944. The summed E-state index contributed by atoms with van der Waals surface area (Å²) in [6, 6.07) is 0. The van der Waals surface area contributed by atoms with Crippen molar-refractivity contribution in [2.75, 3.05) is 0 Å². The van der Waals surface area contributed by atoms with Crippen LogP contribution in [0.2, 0.25) is 0 Å². The lowest BCUT2D eigenvalue weighted by atomic mass is 9.44. The van der Waals surface area contributed by atoms with Crippen molar-refractivity contribution in [1.29, 1.82) is 0 Å². The minimum absolute atomic E-state index is 0.000631. The highest BCUT2D eigenvalue weighted by molar-refractivity contribution is 5.85. The summed E-state index contributed by atoms with van der Waals surface area (Å²) in [6.45, 7) is 18.6. The maximum absolute atomic E-state index is 12.1. The lowest BCUT2D eigenvalue weighted by Crippen LogP contribution is -2.55. The first-order valence-electron chi connectivity index (χ1n) is 15.1. The molecule has 4 rings (SSSR count). The third-order valence-electron chi connectivity index (χ3n) is 12.1. The van der Waals surface area contributed by atoms with Gasteiger partial charge in [-0.05, 0) is 90.6 Å². The van der Waals surface area contributed by atoms with Gasteiger partial charge in [0.25, 0.3) is 0 Å². The van der Waals surface area contributed by atoms with Crippen LogP contribution >= 0.6 is 0 Å². The Bertz CT molecular complexity index is 1160. The molecule has 1 N–H and O–H groups in total. The van der Waals surface area contributed by atoms with Crippen LogP contribution in [0.4, 0.5) is 0 Å². The van der Waals surface area contributed by atoms with E-state index in [-0.39, 0.29) is 57.3 Å². The van der Waals surface area contributed by atoms with E-state index in [1.54, 1.807) is 13.0 Å². The van der Waals surface area contributed by atoms with Gasteiger partial charge < -0.3 is 14.6 Å². The summed E-state index contributed by atoms with van der Waals surface area (Å²) in [5.41, 5.74) is 3.21. The van der Waals surface area contributed by atoms with Crippen LogP contribution in [0.3, 0.4) is 0 Å². The molecular formula is C34H50O6. The van der Waals surface area contributed by atoms with Crippen molar-refractivity contribution in [3.8, 4) is 0 Å². The van der Waals surface area contributed by atoms with Gasteiger partial charge in [-0.15, -0.1) is 0 Å². The maximum Gasteiger partial charge on any atom is 0.330 e. The average molecular weight is 555 g/mol. The van der Waals surface area contributed by atoms with E-state index in [1.165, 1.54) is 25.0 Å². The molecule has 0 saturated heterocycles. The van der Waals surface area contributed by atoms with Gasteiger partial charge in [-0.2, -0.15) is 0 Å². The molecule has 2 fully saturated rings. The second-order valence-electron chi connectivity index (χ2n) is 14.4. The maximum atomic E-state index is 12.1. The third kappa shape index (κ3) is 4.77. The second-order valence-corrected chi connectivity index (χ2v) is 14.4. The van der Waals surface area contributed by atoms with E-state index >= 15 is 0 Å². The fourth-order valence-electron chi connectivity index (χ4n) is 9.50. The van der Waals surface area contributed by atoms with Crippen molar-refractivity contribution in [2.45, 2.75) is 119 Å². The van der Waals surface area contributed by atoms with Crippen LogP contribution in [0.1, 0.15) is 107 Å². The van der Waals surface area contributed by atoms with Gasteiger partial charge in [-0.25, -0.2) is 4.79 Å². The van der Waals surface area contributed by atoms with Crippen molar-refractivity contribution in [3.63, 3.8) is 0 Å². The number of hydrogen-bond donors (Lipinski definition) is 1. The molecule has 4 aliphatic rings. The number of fused-ring (bicyclic) bond motifs is 5. The van der Waals surface area contributed by atoms with Crippen LogP contribution in [0, 0.1) is 39.4 Å².